The van der Waals surface area contributed by atoms with E-state index >= 15 is 0 Å². The molecule has 0 bridgehead atoms. The third kappa shape index (κ3) is 2.11. The minimum atomic E-state index is -4.62. The zero-order valence-corrected chi connectivity index (χ0v) is 10.8. The van der Waals surface area contributed by atoms with Gasteiger partial charge in [0, 0.05) is 5.92 Å². The van der Waals surface area contributed by atoms with E-state index in [4.69, 9.17) is 23.1 Å². The number of amides is 2. The molecular weight excluding hydrogens is 297 g/mol. The fourth-order valence-corrected chi connectivity index (χ4v) is 2.53. The molecule has 1 atom stereocenters. The van der Waals surface area contributed by atoms with Crippen molar-refractivity contribution in [2.24, 2.45) is 16.9 Å². The Morgan fingerprint density at radius 2 is 1.80 bits per heavy atom. The van der Waals surface area contributed by atoms with Gasteiger partial charge in [-0.25, -0.2) is 0 Å². The van der Waals surface area contributed by atoms with Crippen LogP contribution in [-0.2, 0) is 15.8 Å². The highest BCUT2D eigenvalue weighted by atomic mass is 35.5. The zero-order valence-electron chi connectivity index (χ0n) is 10.00. The molecule has 4 N–H and O–H groups in total. The molecule has 1 unspecified atom stereocenters. The van der Waals surface area contributed by atoms with Crippen LogP contribution in [0.1, 0.15) is 23.5 Å². The Morgan fingerprint density at radius 3 is 2.20 bits per heavy atom. The number of carbonyl (C=O) groups is 2. The van der Waals surface area contributed by atoms with Crippen molar-refractivity contribution in [3.8, 4) is 0 Å². The van der Waals surface area contributed by atoms with E-state index in [-0.39, 0.29) is 12.0 Å². The largest absolute Gasteiger partial charge is 0.417 e. The summed E-state index contributed by atoms with van der Waals surface area (Å²) in [6, 6.07) is 3.22. The lowest BCUT2D eigenvalue weighted by molar-refractivity contribution is -0.137. The maximum Gasteiger partial charge on any atom is 0.417 e. The van der Waals surface area contributed by atoms with Gasteiger partial charge in [-0.1, -0.05) is 17.7 Å². The van der Waals surface area contributed by atoms with Crippen LogP contribution in [0.2, 0.25) is 5.02 Å². The van der Waals surface area contributed by atoms with Gasteiger partial charge in [-0.05, 0) is 24.1 Å². The Balaban J connectivity index is 2.43. The zero-order chi connectivity index (χ0) is 15.3. The highest BCUT2D eigenvalue weighted by Gasteiger charge is 2.64. The van der Waals surface area contributed by atoms with Gasteiger partial charge in [0.15, 0.2) is 0 Å². The molecule has 8 heteroatoms. The smallest absolute Gasteiger partial charge is 0.369 e. The van der Waals surface area contributed by atoms with Crippen LogP contribution in [0.15, 0.2) is 18.2 Å². The average Bonchev–Trinajstić information content (AvgIpc) is 3.04. The maximum atomic E-state index is 12.8. The number of primary amides is 2. The van der Waals surface area contributed by atoms with E-state index in [1.807, 2.05) is 0 Å². The molecule has 1 aliphatic carbocycles. The molecule has 2 amide bonds. The van der Waals surface area contributed by atoms with E-state index in [9.17, 15) is 22.8 Å². The van der Waals surface area contributed by atoms with E-state index in [2.05, 4.69) is 0 Å². The Hall–Kier alpha value is -1.76. The Kier molecular flexibility index (Phi) is 3.20. The van der Waals surface area contributed by atoms with E-state index < -0.39 is 39.9 Å². The quantitative estimate of drug-likeness (QED) is 0.834. The van der Waals surface area contributed by atoms with Crippen molar-refractivity contribution >= 4 is 23.4 Å². The van der Waals surface area contributed by atoms with Gasteiger partial charge in [0.25, 0.3) is 0 Å². The molecule has 1 aliphatic rings. The van der Waals surface area contributed by atoms with Crippen molar-refractivity contribution in [2.45, 2.75) is 18.5 Å². The average molecular weight is 307 g/mol. The van der Waals surface area contributed by atoms with E-state index in [0.29, 0.717) is 0 Å². The summed E-state index contributed by atoms with van der Waals surface area (Å²) < 4.78 is 38.3. The molecule has 1 aromatic carbocycles. The summed E-state index contributed by atoms with van der Waals surface area (Å²) in [5.41, 5.74) is 7.80. The van der Waals surface area contributed by atoms with Crippen molar-refractivity contribution in [2.75, 3.05) is 0 Å². The van der Waals surface area contributed by atoms with E-state index in [0.717, 1.165) is 12.1 Å². The predicted molar refractivity (Wildman–Crippen MR) is 64.6 cm³/mol. The number of nitrogens with two attached hydrogens (primary N) is 2. The van der Waals surface area contributed by atoms with Crippen molar-refractivity contribution in [3.63, 3.8) is 0 Å². The molecule has 0 radical (unpaired) electrons. The summed E-state index contributed by atoms with van der Waals surface area (Å²) >= 11 is 5.50. The fourth-order valence-electron chi connectivity index (χ4n) is 2.31. The third-order valence-corrected chi connectivity index (χ3v) is 3.87. The summed E-state index contributed by atoms with van der Waals surface area (Å²) in [6.45, 7) is 0. The summed E-state index contributed by atoms with van der Waals surface area (Å²) in [6.07, 6.45) is -4.61. The first-order chi connectivity index (χ1) is 9.10. The van der Waals surface area contributed by atoms with Gasteiger partial charge in [-0.3, -0.25) is 9.59 Å². The van der Waals surface area contributed by atoms with Crippen molar-refractivity contribution in [1.29, 1.82) is 0 Å². The molecule has 0 spiro atoms. The second-order valence-corrected chi connectivity index (χ2v) is 5.10. The van der Waals surface area contributed by atoms with Crippen LogP contribution in [0.3, 0.4) is 0 Å². The normalized spacial score (nSPS) is 20.5. The second-order valence-electron chi connectivity index (χ2n) is 4.69. The molecule has 4 nitrogen and oxygen atoms in total. The molecule has 0 aromatic heterocycles. The monoisotopic (exact) mass is 306 g/mol. The number of rotatable bonds is 3. The standard InChI is InChI=1S/C12H10ClF3N2O2/c13-8-2-1-5(3-6(8)12(14,15)16)7-4-11(7,9(17)19)10(18)20/h1-3,7H,4H2,(H2,17,19)(H2,18,20). The molecule has 0 aliphatic heterocycles. The molecule has 0 saturated heterocycles. The molecule has 1 saturated carbocycles. The summed E-state index contributed by atoms with van der Waals surface area (Å²) in [7, 11) is 0. The second kappa shape index (κ2) is 4.37. The summed E-state index contributed by atoms with van der Waals surface area (Å²) in [5.74, 6) is -2.60. The van der Waals surface area contributed by atoms with Gasteiger partial charge in [0.05, 0.1) is 10.6 Å². The van der Waals surface area contributed by atoms with Gasteiger partial charge in [-0.15, -0.1) is 0 Å². The highest BCUT2D eigenvalue weighted by molar-refractivity contribution is 6.31. The molecule has 1 aromatic rings. The van der Waals surface area contributed by atoms with E-state index in [1.54, 1.807) is 0 Å². The molecule has 1 fully saturated rings. The fraction of sp³-hybridized carbons (Fsp3) is 0.333. The van der Waals surface area contributed by atoms with Crippen molar-refractivity contribution in [1.82, 2.24) is 0 Å². The molecule has 0 heterocycles. The highest BCUT2D eigenvalue weighted by Crippen LogP contribution is 2.59. The molecule has 108 valence electrons. The first-order valence-electron chi connectivity index (χ1n) is 5.57. The van der Waals surface area contributed by atoms with Gasteiger partial charge in [0.2, 0.25) is 11.8 Å². The molecule has 20 heavy (non-hydrogen) atoms. The Labute approximate surface area is 116 Å². The third-order valence-electron chi connectivity index (χ3n) is 3.54. The number of benzene rings is 1. The van der Waals surface area contributed by atoms with Crippen LogP contribution < -0.4 is 11.5 Å². The topological polar surface area (TPSA) is 86.2 Å². The number of hydrogen-bond acceptors (Lipinski definition) is 2. The van der Waals surface area contributed by atoms with Crippen molar-refractivity contribution in [3.05, 3.63) is 34.3 Å². The minimum absolute atomic E-state index is 0.0105. The van der Waals surface area contributed by atoms with Crippen LogP contribution in [0.4, 0.5) is 13.2 Å². The first-order valence-corrected chi connectivity index (χ1v) is 5.95. The van der Waals surface area contributed by atoms with Gasteiger partial charge in [-0.2, -0.15) is 13.2 Å². The van der Waals surface area contributed by atoms with Crippen LogP contribution in [0, 0.1) is 5.41 Å². The van der Waals surface area contributed by atoms with Gasteiger partial charge < -0.3 is 11.5 Å². The summed E-state index contributed by atoms with van der Waals surface area (Å²) in [4.78, 5) is 22.7. The van der Waals surface area contributed by atoms with Gasteiger partial charge >= 0.3 is 6.18 Å². The Morgan fingerprint density at radius 1 is 1.25 bits per heavy atom. The number of carbonyl (C=O) groups excluding carboxylic acids is 2. The Bertz CT molecular complexity index is 587. The molecule has 2 rings (SSSR count). The minimum Gasteiger partial charge on any atom is -0.369 e. The lowest BCUT2D eigenvalue weighted by Crippen LogP contribution is -2.38. The van der Waals surface area contributed by atoms with E-state index in [1.165, 1.54) is 6.07 Å². The SMILES string of the molecule is NC(=O)C1(C(N)=O)CC1c1ccc(Cl)c(C(F)(F)F)c1. The molecular formula is C12H10ClF3N2O2. The first kappa shape index (κ1) is 14.6. The lowest BCUT2D eigenvalue weighted by atomic mass is 9.96. The van der Waals surface area contributed by atoms with Crippen LogP contribution in [0.25, 0.3) is 0 Å². The number of halogens is 4. The lowest BCUT2D eigenvalue weighted by Gasteiger charge is -2.13. The maximum absolute atomic E-state index is 12.8. The van der Waals surface area contributed by atoms with Crippen LogP contribution in [-0.4, -0.2) is 11.8 Å². The van der Waals surface area contributed by atoms with Crippen LogP contribution >= 0.6 is 11.6 Å². The summed E-state index contributed by atoms with van der Waals surface area (Å²) in [5, 5.41) is -0.453. The predicted octanol–water partition coefficient (Wildman–Crippen LogP) is 1.80. The number of alkyl halides is 3. The van der Waals surface area contributed by atoms with Gasteiger partial charge in [0.1, 0.15) is 5.41 Å². The van der Waals surface area contributed by atoms with Crippen molar-refractivity contribution < 1.29 is 22.8 Å². The number of hydrogen-bond donors (Lipinski definition) is 2. The van der Waals surface area contributed by atoms with Crippen LogP contribution in [0.5, 0.6) is 0 Å².